The molecule has 0 bridgehead atoms. The molecule has 0 saturated carbocycles. The van der Waals surface area contributed by atoms with Gasteiger partial charge in [-0.15, -0.1) is 0 Å². The van der Waals surface area contributed by atoms with Crippen LogP contribution < -0.4 is 21.1 Å². The molecular weight excluding hydrogens is 488 g/mol. The van der Waals surface area contributed by atoms with E-state index in [1.165, 1.54) is 12.3 Å². The van der Waals surface area contributed by atoms with Crippen LogP contribution in [0, 0.1) is 6.92 Å². The van der Waals surface area contributed by atoms with Gasteiger partial charge in [0.2, 0.25) is 11.9 Å². The molecular formula is C26H32N8O4. The number of methoxy groups -OCH3 is 1. The highest BCUT2D eigenvalue weighted by Gasteiger charge is 2.24. The summed E-state index contributed by atoms with van der Waals surface area (Å²) in [5.41, 5.74) is 7.93. The van der Waals surface area contributed by atoms with Crippen LogP contribution in [0.15, 0.2) is 49.4 Å². The SMILES string of the molecule is C=CC(=O)N1CCC[C@H](n2cc(Nc3ncc(C(N)=O)c(Nc4c(C)cccc4OCCOC)n3)cn2)C1. The molecule has 3 aromatic rings. The van der Waals surface area contributed by atoms with Crippen molar-refractivity contribution in [2.75, 3.05) is 44.0 Å². The number of amides is 2. The number of hydrogen-bond donors (Lipinski definition) is 3. The maximum absolute atomic E-state index is 12.1. The minimum absolute atomic E-state index is 0.0520. The quantitative estimate of drug-likeness (QED) is 0.256. The first kappa shape index (κ1) is 26.6. The number of nitrogens with zero attached hydrogens (tertiary/aromatic N) is 5. The second-order valence-electron chi connectivity index (χ2n) is 8.85. The van der Waals surface area contributed by atoms with Crippen LogP contribution in [0.5, 0.6) is 5.75 Å². The van der Waals surface area contributed by atoms with Gasteiger partial charge in [-0.25, -0.2) is 4.98 Å². The molecule has 38 heavy (non-hydrogen) atoms. The molecule has 2 aromatic heterocycles. The second kappa shape index (κ2) is 12.2. The molecule has 1 saturated heterocycles. The van der Waals surface area contributed by atoms with E-state index < -0.39 is 5.91 Å². The molecule has 200 valence electrons. The molecule has 4 rings (SSSR count). The Bertz CT molecular complexity index is 1310. The van der Waals surface area contributed by atoms with Gasteiger partial charge in [0.05, 0.1) is 30.2 Å². The van der Waals surface area contributed by atoms with Gasteiger partial charge < -0.3 is 30.7 Å². The molecule has 12 heteroatoms. The van der Waals surface area contributed by atoms with Crippen LogP contribution >= 0.6 is 0 Å². The van der Waals surface area contributed by atoms with Gasteiger partial charge in [-0.3, -0.25) is 14.3 Å². The van der Waals surface area contributed by atoms with Crippen LogP contribution in [0.25, 0.3) is 0 Å². The Morgan fingerprint density at radius 2 is 2.11 bits per heavy atom. The van der Waals surface area contributed by atoms with E-state index in [4.69, 9.17) is 15.2 Å². The molecule has 0 aliphatic carbocycles. The summed E-state index contributed by atoms with van der Waals surface area (Å²) in [4.78, 5) is 34.7. The fourth-order valence-electron chi connectivity index (χ4n) is 4.22. The van der Waals surface area contributed by atoms with Crippen LogP contribution in [0.1, 0.15) is 34.8 Å². The Balaban J connectivity index is 1.54. The third kappa shape index (κ3) is 6.27. The van der Waals surface area contributed by atoms with Crippen molar-refractivity contribution in [3.8, 4) is 5.75 Å². The smallest absolute Gasteiger partial charge is 0.254 e. The lowest BCUT2D eigenvalue weighted by atomic mass is 10.1. The minimum atomic E-state index is -0.668. The van der Waals surface area contributed by atoms with E-state index in [2.05, 4.69) is 32.3 Å². The molecule has 1 fully saturated rings. The molecule has 12 nitrogen and oxygen atoms in total. The number of piperidine rings is 1. The van der Waals surface area contributed by atoms with Gasteiger partial charge in [0.15, 0.2) is 0 Å². The summed E-state index contributed by atoms with van der Waals surface area (Å²) < 4.78 is 12.7. The molecule has 0 spiro atoms. The van der Waals surface area contributed by atoms with Crippen LogP contribution in [-0.2, 0) is 9.53 Å². The van der Waals surface area contributed by atoms with Gasteiger partial charge in [-0.1, -0.05) is 18.7 Å². The summed E-state index contributed by atoms with van der Waals surface area (Å²) in [6.07, 6.45) is 8.00. The highest BCUT2D eigenvalue weighted by molar-refractivity contribution is 5.98. The number of anilines is 4. The molecule has 0 radical (unpaired) electrons. The number of carbonyl (C=O) groups excluding carboxylic acids is 2. The van der Waals surface area contributed by atoms with Crippen LogP contribution in [0.3, 0.4) is 0 Å². The normalized spacial score (nSPS) is 15.1. The van der Waals surface area contributed by atoms with E-state index in [1.54, 1.807) is 18.2 Å². The Morgan fingerprint density at radius 3 is 2.87 bits per heavy atom. The Kier molecular flexibility index (Phi) is 8.54. The zero-order chi connectivity index (χ0) is 27.1. The van der Waals surface area contributed by atoms with Crippen molar-refractivity contribution >= 4 is 35.0 Å². The van der Waals surface area contributed by atoms with Gasteiger partial charge in [0, 0.05) is 32.6 Å². The molecule has 0 unspecified atom stereocenters. The molecule has 2 amide bonds. The largest absolute Gasteiger partial charge is 0.489 e. The lowest BCUT2D eigenvalue weighted by molar-refractivity contribution is -0.127. The fourth-order valence-corrected chi connectivity index (χ4v) is 4.22. The number of carbonyl (C=O) groups is 2. The molecule has 1 aromatic carbocycles. The van der Waals surface area contributed by atoms with Crippen molar-refractivity contribution in [2.24, 2.45) is 5.73 Å². The third-order valence-electron chi connectivity index (χ3n) is 6.19. The molecule has 1 atom stereocenters. The van der Waals surface area contributed by atoms with Gasteiger partial charge >= 0.3 is 0 Å². The highest BCUT2D eigenvalue weighted by atomic mass is 16.5. The first-order chi connectivity index (χ1) is 18.4. The van der Waals surface area contributed by atoms with Gasteiger partial charge in [0.1, 0.15) is 23.7 Å². The van der Waals surface area contributed by atoms with Crippen LogP contribution in [0.2, 0.25) is 0 Å². The highest BCUT2D eigenvalue weighted by Crippen LogP contribution is 2.32. The summed E-state index contributed by atoms with van der Waals surface area (Å²) in [5.74, 6) is 0.323. The number of rotatable bonds is 11. The zero-order valence-corrected chi connectivity index (χ0v) is 21.5. The lowest BCUT2D eigenvalue weighted by Crippen LogP contribution is -2.39. The summed E-state index contributed by atoms with van der Waals surface area (Å²) in [6, 6.07) is 5.66. The number of nitrogens with two attached hydrogens (primary N) is 1. The predicted molar refractivity (Wildman–Crippen MR) is 143 cm³/mol. The van der Waals surface area contributed by atoms with Gasteiger partial charge in [-0.2, -0.15) is 10.1 Å². The average molecular weight is 521 g/mol. The maximum Gasteiger partial charge on any atom is 0.254 e. The second-order valence-corrected chi connectivity index (χ2v) is 8.85. The third-order valence-corrected chi connectivity index (χ3v) is 6.19. The Morgan fingerprint density at radius 1 is 1.26 bits per heavy atom. The lowest BCUT2D eigenvalue weighted by Gasteiger charge is -2.32. The number of para-hydroxylation sites is 1. The number of benzene rings is 1. The summed E-state index contributed by atoms with van der Waals surface area (Å²) in [7, 11) is 1.60. The molecule has 1 aliphatic rings. The molecule has 3 heterocycles. The maximum atomic E-state index is 12.1. The van der Waals surface area contributed by atoms with E-state index in [0.29, 0.717) is 43.4 Å². The van der Waals surface area contributed by atoms with Crippen molar-refractivity contribution in [1.29, 1.82) is 0 Å². The average Bonchev–Trinajstić information content (AvgIpc) is 3.38. The number of hydrogen-bond acceptors (Lipinski definition) is 9. The topological polar surface area (TPSA) is 150 Å². The van der Waals surface area contributed by atoms with E-state index in [0.717, 1.165) is 18.4 Å². The summed E-state index contributed by atoms with van der Waals surface area (Å²) in [5, 5.41) is 10.8. The van der Waals surface area contributed by atoms with Gasteiger partial charge in [-0.05, 0) is 37.5 Å². The number of nitrogens with one attached hydrogen (secondary N) is 2. The molecule has 4 N–H and O–H groups in total. The van der Waals surface area contributed by atoms with Crippen molar-refractivity contribution in [2.45, 2.75) is 25.8 Å². The predicted octanol–water partition coefficient (Wildman–Crippen LogP) is 2.94. The van der Waals surface area contributed by atoms with E-state index in [9.17, 15) is 9.59 Å². The summed E-state index contributed by atoms with van der Waals surface area (Å²) >= 11 is 0. The standard InChI is InChI=1S/C26H32N8O4/c1-4-22(35)33-10-6-8-19(16-33)34-15-18(13-29-34)30-26-28-14-20(24(27)36)25(32-26)31-23-17(2)7-5-9-21(23)38-12-11-37-3/h4-5,7,9,13-15,19H,1,6,8,10-12,16H2,2-3H3,(H2,27,36)(H2,28,30,31,32)/t19-/m0/s1. The first-order valence-electron chi connectivity index (χ1n) is 12.3. The van der Waals surface area contributed by atoms with Crippen LogP contribution in [-0.4, -0.2) is 69.9 Å². The van der Waals surface area contributed by atoms with Crippen molar-refractivity contribution in [3.05, 3.63) is 60.6 Å². The fraction of sp³-hybridized carbons (Fsp3) is 0.346. The number of ether oxygens (including phenoxy) is 2. The molecule has 1 aliphatic heterocycles. The van der Waals surface area contributed by atoms with E-state index >= 15 is 0 Å². The van der Waals surface area contributed by atoms with Crippen molar-refractivity contribution in [1.82, 2.24) is 24.6 Å². The zero-order valence-electron chi connectivity index (χ0n) is 21.5. The van der Waals surface area contributed by atoms with E-state index in [1.807, 2.05) is 36.0 Å². The number of aryl methyl sites for hydroxylation is 1. The first-order valence-corrected chi connectivity index (χ1v) is 12.3. The summed E-state index contributed by atoms with van der Waals surface area (Å²) in [6.45, 7) is 7.56. The number of aromatic nitrogens is 4. The van der Waals surface area contributed by atoms with Gasteiger partial charge in [0.25, 0.3) is 5.91 Å². The Hall–Kier alpha value is -4.45. The van der Waals surface area contributed by atoms with Crippen molar-refractivity contribution in [3.63, 3.8) is 0 Å². The number of primary amides is 1. The minimum Gasteiger partial charge on any atom is -0.489 e. The van der Waals surface area contributed by atoms with Crippen LogP contribution in [0.4, 0.5) is 23.1 Å². The van der Waals surface area contributed by atoms with Crippen molar-refractivity contribution < 1.29 is 19.1 Å². The Labute approximate surface area is 220 Å². The monoisotopic (exact) mass is 520 g/mol. The number of likely N-dealkylation sites (tertiary alicyclic amines) is 1. The van der Waals surface area contributed by atoms with E-state index in [-0.39, 0.29) is 29.3 Å².